The number of rotatable bonds is 7. The number of anilines is 2. The van der Waals surface area contributed by atoms with Gasteiger partial charge in [-0.1, -0.05) is 18.1 Å². The lowest BCUT2D eigenvalue weighted by Gasteiger charge is -2.30. The number of carbonyl (C=O) groups is 1. The van der Waals surface area contributed by atoms with Crippen LogP contribution in [0.2, 0.25) is 0 Å². The summed E-state index contributed by atoms with van der Waals surface area (Å²) in [5, 5.41) is 0. The van der Waals surface area contributed by atoms with Gasteiger partial charge in [0.1, 0.15) is 5.75 Å². The second-order valence-corrected chi connectivity index (χ2v) is 9.12. The lowest BCUT2D eigenvalue weighted by Crippen LogP contribution is -2.36. The van der Waals surface area contributed by atoms with Crippen molar-refractivity contribution in [2.24, 2.45) is 0 Å². The molecule has 0 aromatic heterocycles. The molecule has 1 aliphatic heterocycles. The third-order valence-electron chi connectivity index (χ3n) is 4.66. The fourth-order valence-electron chi connectivity index (χ4n) is 3.54. The number of hydrogen-bond acceptors (Lipinski definition) is 4. The van der Waals surface area contributed by atoms with Crippen LogP contribution in [0.3, 0.4) is 0 Å². The summed E-state index contributed by atoms with van der Waals surface area (Å²) in [7, 11) is -3.77. The van der Waals surface area contributed by atoms with Crippen molar-refractivity contribution in [3.8, 4) is 18.1 Å². The lowest BCUT2D eigenvalue weighted by atomic mass is 9.97. The van der Waals surface area contributed by atoms with Crippen LogP contribution in [0, 0.1) is 19.3 Å². The molecule has 0 spiro atoms. The van der Waals surface area contributed by atoms with Crippen molar-refractivity contribution in [2.45, 2.75) is 38.6 Å². The van der Waals surface area contributed by atoms with Crippen molar-refractivity contribution in [1.29, 1.82) is 0 Å². The van der Waals surface area contributed by atoms with Crippen molar-refractivity contribution < 1.29 is 26.7 Å². The Labute approximate surface area is 180 Å². The molecule has 2 aromatic rings. The monoisotopic (exact) mass is 448 g/mol. The van der Waals surface area contributed by atoms with Crippen molar-refractivity contribution in [3.63, 3.8) is 0 Å². The molecule has 0 fully saturated rings. The number of carbonyl (C=O) groups excluding carboxylic acids is 1. The number of aryl methyl sites for hydroxylation is 2. The van der Waals surface area contributed by atoms with Crippen LogP contribution in [0.5, 0.6) is 5.75 Å². The fourth-order valence-corrected chi connectivity index (χ4v) is 4.72. The number of fused-ring (bicyclic) bond motifs is 1. The van der Waals surface area contributed by atoms with E-state index in [0.717, 1.165) is 16.8 Å². The predicted molar refractivity (Wildman–Crippen MR) is 115 cm³/mol. The van der Waals surface area contributed by atoms with Gasteiger partial charge in [0.25, 0.3) is 0 Å². The molecule has 0 atom stereocenters. The van der Waals surface area contributed by atoms with Gasteiger partial charge in [-0.2, -0.15) is 8.78 Å². The number of sulfonamides is 1. The number of benzene rings is 2. The summed E-state index contributed by atoms with van der Waals surface area (Å²) in [6.45, 7) is 2.57. The van der Waals surface area contributed by atoms with E-state index in [1.54, 1.807) is 19.1 Å². The van der Waals surface area contributed by atoms with Gasteiger partial charge in [0, 0.05) is 19.0 Å². The van der Waals surface area contributed by atoms with Crippen LogP contribution in [-0.2, 0) is 27.0 Å². The average Bonchev–Trinajstić information content (AvgIpc) is 2.64. The van der Waals surface area contributed by atoms with Gasteiger partial charge in [0.2, 0.25) is 15.9 Å². The Morgan fingerprint density at radius 1 is 1.23 bits per heavy atom. The van der Waals surface area contributed by atoms with Crippen LogP contribution in [0.25, 0.3) is 0 Å². The quantitative estimate of drug-likeness (QED) is 0.653. The van der Waals surface area contributed by atoms with Crippen LogP contribution in [0.1, 0.15) is 30.0 Å². The molecule has 6 nitrogen and oxygen atoms in total. The van der Waals surface area contributed by atoms with E-state index in [1.165, 1.54) is 29.2 Å². The van der Waals surface area contributed by atoms with Crippen LogP contribution in [0.15, 0.2) is 36.4 Å². The van der Waals surface area contributed by atoms with Gasteiger partial charge in [0.05, 0.1) is 18.0 Å². The van der Waals surface area contributed by atoms with Crippen molar-refractivity contribution >= 4 is 27.3 Å². The molecular weight excluding hydrogens is 426 g/mol. The molecule has 0 bridgehead atoms. The van der Waals surface area contributed by atoms with E-state index >= 15 is 0 Å². The third-order valence-corrected chi connectivity index (χ3v) is 5.92. The molecule has 31 heavy (non-hydrogen) atoms. The molecule has 9 heteroatoms. The smallest absolute Gasteiger partial charge is 0.394 e. The number of terminal acetylenes is 1. The molecule has 3 rings (SSSR count). The van der Waals surface area contributed by atoms with E-state index in [-0.39, 0.29) is 24.0 Å². The van der Waals surface area contributed by atoms with E-state index in [2.05, 4.69) is 15.4 Å². The average molecular weight is 448 g/mol. The van der Waals surface area contributed by atoms with Gasteiger partial charge in [-0.05, 0) is 54.3 Å². The molecule has 1 heterocycles. The largest absolute Gasteiger partial charge is 0.433 e. The molecule has 0 aliphatic carbocycles. The lowest BCUT2D eigenvalue weighted by molar-refractivity contribution is -0.158. The highest BCUT2D eigenvalue weighted by Gasteiger charge is 2.26. The Morgan fingerprint density at radius 3 is 2.52 bits per heavy atom. The van der Waals surface area contributed by atoms with Gasteiger partial charge >= 0.3 is 6.11 Å². The molecule has 0 saturated carbocycles. The van der Waals surface area contributed by atoms with Gasteiger partial charge < -0.3 is 9.64 Å². The first kappa shape index (κ1) is 22.6. The summed E-state index contributed by atoms with van der Waals surface area (Å²) in [4.78, 5) is 13.7. The van der Waals surface area contributed by atoms with E-state index in [1.807, 2.05) is 0 Å². The molecular formula is C22H22F2N2O4S. The first-order chi connectivity index (χ1) is 14.5. The minimum Gasteiger partial charge on any atom is -0.433 e. The maximum atomic E-state index is 12.9. The van der Waals surface area contributed by atoms with E-state index in [9.17, 15) is 22.0 Å². The topological polar surface area (TPSA) is 75.7 Å². The number of nitrogens with one attached hydrogen (secondary N) is 1. The maximum Gasteiger partial charge on any atom is 0.394 e. The minimum absolute atomic E-state index is 0.0574. The highest BCUT2D eigenvalue weighted by molar-refractivity contribution is 7.91. The molecule has 1 N–H and O–H groups in total. The van der Waals surface area contributed by atoms with E-state index in [0.29, 0.717) is 31.0 Å². The third kappa shape index (κ3) is 5.73. The molecule has 164 valence electrons. The summed E-state index contributed by atoms with van der Waals surface area (Å²) < 4.78 is 58.1. The Bertz CT molecular complexity index is 1130. The fraction of sp³-hybridized carbons (Fsp3) is 0.318. The van der Waals surface area contributed by atoms with Gasteiger partial charge in [-0.15, -0.1) is 6.42 Å². The van der Waals surface area contributed by atoms with Crippen LogP contribution >= 0.6 is 0 Å². The molecule has 0 unspecified atom stereocenters. The van der Waals surface area contributed by atoms with Crippen LogP contribution in [0.4, 0.5) is 20.2 Å². The zero-order chi connectivity index (χ0) is 22.8. The summed E-state index contributed by atoms with van der Waals surface area (Å²) in [5.41, 5.74) is 3.10. The second-order valence-electron chi connectivity index (χ2n) is 7.40. The summed E-state index contributed by atoms with van der Waals surface area (Å²) >= 11 is 0. The maximum absolute atomic E-state index is 12.9. The van der Waals surface area contributed by atoms with Gasteiger partial charge in [-0.25, -0.2) is 8.42 Å². The molecule has 1 aliphatic rings. The summed E-state index contributed by atoms with van der Waals surface area (Å²) in [6.07, 6.45) is 2.85. The minimum atomic E-state index is -3.77. The Morgan fingerprint density at radius 2 is 1.90 bits per heavy atom. The first-order valence-electron chi connectivity index (χ1n) is 9.51. The van der Waals surface area contributed by atoms with Crippen molar-refractivity contribution in [1.82, 2.24) is 0 Å². The van der Waals surface area contributed by atoms with E-state index in [4.69, 9.17) is 6.42 Å². The zero-order valence-electron chi connectivity index (χ0n) is 17.1. The Hall–Kier alpha value is -3.12. The first-order valence-corrected chi connectivity index (χ1v) is 11.2. The SMILES string of the molecule is C#CCN1C(=O)CCc2cc(NS(=O)(=O)Cc3ccc(OC(C)(F)F)cc3)cc(C)c21. The van der Waals surface area contributed by atoms with Crippen LogP contribution in [-0.4, -0.2) is 27.0 Å². The number of nitrogens with zero attached hydrogens (tertiary/aromatic N) is 1. The zero-order valence-corrected chi connectivity index (χ0v) is 17.9. The van der Waals surface area contributed by atoms with E-state index < -0.39 is 16.1 Å². The number of alkyl halides is 2. The number of amides is 1. The van der Waals surface area contributed by atoms with Gasteiger partial charge in [-0.3, -0.25) is 9.52 Å². The predicted octanol–water partition coefficient (Wildman–Crippen LogP) is 3.84. The molecule has 0 radical (unpaired) electrons. The standard InChI is InChI=1S/C22H22F2N2O4S/c1-4-11-26-20(27)10-7-17-13-18(12-15(2)21(17)26)25-31(28,29)14-16-5-8-19(9-6-16)30-22(3,23)24/h1,5-6,8-9,12-13,25H,7,10-11,14H2,2-3H3. The number of hydrogen-bond donors (Lipinski definition) is 1. The van der Waals surface area contributed by atoms with Crippen molar-refractivity contribution in [2.75, 3.05) is 16.2 Å². The van der Waals surface area contributed by atoms with Crippen LogP contribution < -0.4 is 14.4 Å². The summed E-state index contributed by atoms with van der Waals surface area (Å²) in [5.74, 6) is 2.02. The summed E-state index contributed by atoms with van der Waals surface area (Å²) in [6, 6.07) is 8.78. The number of ether oxygens (including phenoxy) is 1. The normalized spacial score (nSPS) is 14.0. The highest BCUT2D eigenvalue weighted by atomic mass is 32.2. The molecule has 1 amide bonds. The Balaban J connectivity index is 1.77. The number of halogens is 2. The molecule has 0 saturated heterocycles. The van der Waals surface area contributed by atoms with Crippen molar-refractivity contribution in [3.05, 3.63) is 53.1 Å². The van der Waals surface area contributed by atoms with Gasteiger partial charge in [0.15, 0.2) is 0 Å². The second kappa shape index (κ2) is 8.55. The Kier molecular flexibility index (Phi) is 6.23. The highest BCUT2D eigenvalue weighted by Crippen LogP contribution is 2.34. The molecule has 2 aromatic carbocycles.